The second kappa shape index (κ2) is 4.05. The average Bonchev–Trinajstić information content (AvgIpc) is 2.39. The summed E-state index contributed by atoms with van der Waals surface area (Å²) in [4.78, 5) is 3.74. The molecule has 1 heterocycles. The minimum atomic E-state index is 0.174. The van der Waals surface area contributed by atoms with Crippen molar-refractivity contribution in [3.63, 3.8) is 0 Å². The van der Waals surface area contributed by atoms with Crippen molar-refractivity contribution < 1.29 is 0 Å². The van der Waals surface area contributed by atoms with Crippen LogP contribution in [0.1, 0.15) is 37.7 Å². The van der Waals surface area contributed by atoms with E-state index in [1.807, 2.05) is 6.08 Å². The van der Waals surface area contributed by atoms with Crippen LogP contribution in [-0.2, 0) is 12.5 Å². The van der Waals surface area contributed by atoms with E-state index >= 15 is 0 Å². The van der Waals surface area contributed by atoms with Gasteiger partial charge in [0.1, 0.15) is 0 Å². The predicted octanol–water partition coefficient (Wildman–Crippen LogP) is 3.30. The van der Waals surface area contributed by atoms with Crippen LogP contribution < -0.4 is 0 Å². The van der Waals surface area contributed by atoms with Crippen LogP contribution in [0, 0.1) is 6.92 Å². The molecule has 15 heavy (non-hydrogen) atoms. The Kier molecular flexibility index (Phi) is 3.18. The zero-order valence-electron chi connectivity index (χ0n) is 10.3. The molecule has 0 bridgehead atoms. The molecule has 0 amide bonds. The van der Waals surface area contributed by atoms with Gasteiger partial charge < -0.3 is 4.57 Å². The maximum absolute atomic E-state index is 3.74. The Labute approximate surface area is 92.3 Å². The maximum atomic E-state index is 3.74. The number of aryl methyl sites for hydroxylation is 1. The van der Waals surface area contributed by atoms with Gasteiger partial charge >= 0.3 is 0 Å². The lowest BCUT2D eigenvalue weighted by atomic mass is 9.92. The first-order valence-corrected chi connectivity index (χ1v) is 5.17. The third-order valence-corrected chi connectivity index (χ3v) is 2.59. The molecule has 2 nitrogen and oxygen atoms in total. The molecule has 2 heteroatoms. The monoisotopic (exact) mass is 204 g/mol. The zero-order chi connectivity index (χ0) is 11.6. The lowest BCUT2D eigenvalue weighted by Gasteiger charge is -2.20. The first kappa shape index (κ1) is 11.8. The number of aromatic nitrogens is 1. The van der Waals surface area contributed by atoms with Crippen molar-refractivity contribution in [2.75, 3.05) is 0 Å². The molecule has 0 aliphatic carbocycles. The Morgan fingerprint density at radius 1 is 1.40 bits per heavy atom. The van der Waals surface area contributed by atoms with E-state index < -0.39 is 0 Å². The van der Waals surface area contributed by atoms with Crippen molar-refractivity contribution >= 4 is 12.8 Å². The van der Waals surface area contributed by atoms with Gasteiger partial charge in [0.25, 0.3) is 0 Å². The number of hydrogen-bond donors (Lipinski definition) is 0. The molecule has 0 saturated heterocycles. The topological polar surface area (TPSA) is 17.3 Å². The SMILES string of the molecule is C=N/C=C\c1c(C)cc(C(C)(C)C)n1C. The van der Waals surface area contributed by atoms with Crippen molar-refractivity contribution in [1.82, 2.24) is 4.57 Å². The maximum Gasteiger partial charge on any atom is 0.0451 e. The highest BCUT2D eigenvalue weighted by molar-refractivity contribution is 5.53. The molecule has 0 unspecified atom stereocenters. The van der Waals surface area contributed by atoms with Gasteiger partial charge in [-0.3, -0.25) is 4.99 Å². The zero-order valence-corrected chi connectivity index (χ0v) is 10.3. The summed E-state index contributed by atoms with van der Waals surface area (Å²) in [5.74, 6) is 0. The van der Waals surface area contributed by atoms with Crippen LogP contribution in [0.4, 0.5) is 0 Å². The summed E-state index contributed by atoms with van der Waals surface area (Å²) in [5.41, 5.74) is 3.99. The van der Waals surface area contributed by atoms with Crippen molar-refractivity contribution in [3.8, 4) is 0 Å². The summed E-state index contributed by atoms with van der Waals surface area (Å²) in [6.45, 7) is 12.2. The highest BCUT2D eigenvalue weighted by Gasteiger charge is 2.19. The van der Waals surface area contributed by atoms with Gasteiger partial charge in [0, 0.05) is 30.1 Å². The van der Waals surface area contributed by atoms with E-state index in [4.69, 9.17) is 0 Å². The standard InChI is InChI=1S/C13H20N2/c1-10-9-12(13(2,3)4)15(6)11(10)7-8-14-5/h7-9H,5H2,1-4,6H3/b8-7-. The average molecular weight is 204 g/mol. The number of aliphatic imine (C=N–C) groups is 1. The van der Waals surface area contributed by atoms with Gasteiger partial charge in [0.15, 0.2) is 0 Å². The van der Waals surface area contributed by atoms with Gasteiger partial charge in [0.05, 0.1) is 0 Å². The number of hydrogen-bond acceptors (Lipinski definition) is 1. The second-order valence-corrected chi connectivity index (χ2v) is 4.91. The molecular weight excluding hydrogens is 184 g/mol. The third kappa shape index (κ3) is 2.38. The van der Waals surface area contributed by atoms with E-state index in [9.17, 15) is 0 Å². The quantitative estimate of drug-likeness (QED) is 0.658. The number of nitrogens with zero attached hydrogens (tertiary/aromatic N) is 2. The molecule has 0 aliphatic heterocycles. The van der Waals surface area contributed by atoms with E-state index in [2.05, 4.69) is 57.1 Å². The predicted molar refractivity (Wildman–Crippen MR) is 67.4 cm³/mol. The van der Waals surface area contributed by atoms with Crippen LogP contribution in [0.15, 0.2) is 17.3 Å². The third-order valence-electron chi connectivity index (χ3n) is 2.59. The largest absolute Gasteiger partial charge is 0.347 e. The van der Waals surface area contributed by atoms with Gasteiger partial charge in [-0.2, -0.15) is 0 Å². The molecule has 82 valence electrons. The molecule has 0 radical (unpaired) electrons. The molecular formula is C13H20N2. The molecule has 1 aromatic rings. The summed E-state index contributed by atoms with van der Waals surface area (Å²) >= 11 is 0. The molecule has 1 rings (SSSR count). The van der Waals surface area contributed by atoms with Crippen molar-refractivity contribution in [2.45, 2.75) is 33.1 Å². The van der Waals surface area contributed by atoms with Gasteiger partial charge in [-0.15, -0.1) is 0 Å². The first-order chi connectivity index (χ1) is 6.88. The van der Waals surface area contributed by atoms with Crippen molar-refractivity contribution in [1.29, 1.82) is 0 Å². The summed E-state index contributed by atoms with van der Waals surface area (Å²) < 4.78 is 2.22. The van der Waals surface area contributed by atoms with E-state index in [-0.39, 0.29) is 5.41 Å². The minimum Gasteiger partial charge on any atom is -0.347 e. The fraction of sp³-hybridized carbons (Fsp3) is 0.462. The van der Waals surface area contributed by atoms with Crippen molar-refractivity contribution in [3.05, 3.63) is 29.2 Å². The first-order valence-electron chi connectivity index (χ1n) is 5.17. The molecule has 0 saturated carbocycles. The molecule has 0 fully saturated rings. The summed E-state index contributed by atoms with van der Waals surface area (Å²) in [6, 6.07) is 2.24. The normalized spacial score (nSPS) is 12.3. The van der Waals surface area contributed by atoms with Crippen LogP contribution in [0.25, 0.3) is 6.08 Å². The molecule has 0 aliphatic rings. The minimum absolute atomic E-state index is 0.174. The second-order valence-electron chi connectivity index (χ2n) is 4.91. The lowest BCUT2D eigenvalue weighted by Crippen LogP contribution is -2.16. The van der Waals surface area contributed by atoms with E-state index in [0.29, 0.717) is 0 Å². The van der Waals surface area contributed by atoms with Crippen LogP contribution in [-0.4, -0.2) is 11.3 Å². The van der Waals surface area contributed by atoms with Gasteiger partial charge in [-0.1, -0.05) is 20.8 Å². The van der Waals surface area contributed by atoms with E-state index in [1.54, 1.807) is 6.20 Å². The lowest BCUT2D eigenvalue weighted by molar-refractivity contribution is 0.542. The van der Waals surface area contributed by atoms with Gasteiger partial charge in [-0.25, -0.2) is 0 Å². The molecule has 0 spiro atoms. The smallest absolute Gasteiger partial charge is 0.0451 e. The van der Waals surface area contributed by atoms with Crippen LogP contribution >= 0.6 is 0 Å². The number of rotatable bonds is 2. The van der Waals surface area contributed by atoms with Crippen LogP contribution in [0.2, 0.25) is 0 Å². The summed E-state index contributed by atoms with van der Waals surface area (Å²) in [6.07, 6.45) is 3.73. The Balaban J connectivity index is 3.26. The van der Waals surface area contributed by atoms with E-state index in [1.165, 1.54) is 17.0 Å². The Hall–Kier alpha value is -1.31. The Bertz CT molecular complexity index is 389. The molecule has 0 atom stereocenters. The van der Waals surface area contributed by atoms with E-state index in [0.717, 1.165) is 0 Å². The highest BCUT2D eigenvalue weighted by atomic mass is 15.0. The van der Waals surface area contributed by atoms with Crippen LogP contribution in [0.3, 0.4) is 0 Å². The molecule has 1 aromatic heterocycles. The summed E-state index contributed by atoms with van der Waals surface area (Å²) in [7, 11) is 2.09. The van der Waals surface area contributed by atoms with Crippen LogP contribution in [0.5, 0.6) is 0 Å². The fourth-order valence-electron chi connectivity index (χ4n) is 1.86. The van der Waals surface area contributed by atoms with Gasteiger partial charge in [0.2, 0.25) is 0 Å². The Morgan fingerprint density at radius 2 is 2.00 bits per heavy atom. The molecule has 0 N–H and O–H groups in total. The summed E-state index contributed by atoms with van der Waals surface area (Å²) in [5, 5.41) is 0. The fourth-order valence-corrected chi connectivity index (χ4v) is 1.86. The van der Waals surface area contributed by atoms with Gasteiger partial charge in [-0.05, 0) is 31.3 Å². The Morgan fingerprint density at radius 3 is 2.40 bits per heavy atom. The van der Waals surface area contributed by atoms with Crippen molar-refractivity contribution in [2.24, 2.45) is 12.0 Å². The highest BCUT2D eigenvalue weighted by Crippen LogP contribution is 2.26. The molecule has 0 aromatic carbocycles.